The van der Waals surface area contributed by atoms with Crippen LogP contribution < -0.4 is 10.0 Å². The summed E-state index contributed by atoms with van der Waals surface area (Å²) < 4.78 is 42.9. The Morgan fingerprint density at radius 2 is 1.67 bits per heavy atom. The van der Waals surface area contributed by atoms with Crippen LogP contribution in [0.2, 0.25) is 0 Å². The van der Waals surface area contributed by atoms with Gasteiger partial charge < -0.3 is 5.32 Å². The number of hydrogen-bond acceptors (Lipinski definition) is 3. The number of carbonyl (C=O) groups excluding carboxylic acids is 1. The molecule has 0 aromatic heterocycles. The Labute approximate surface area is 178 Å². The van der Waals surface area contributed by atoms with Crippen molar-refractivity contribution in [1.82, 2.24) is 4.72 Å². The fourth-order valence-corrected chi connectivity index (χ4v) is 5.57. The van der Waals surface area contributed by atoms with Gasteiger partial charge in [-0.3, -0.25) is 4.79 Å². The van der Waals surface area contributed by atoms with Crippen LogP contribution in [0, 0.1) is 32.5 Å². The standard InChI is InChI=1S/C23H29FN2O3S/c1-14-11-16(3)22(17(4)12-14)25-23(27)19-13-18(9-10-20(19)24)30(28,29)26-21-8-6-5-7-15(21)2/h9-13,15,21,26H,5-8H2,1-4H3,(H,25,27)/t15-,21-/m0/s1. The van der Waals surface area contributed by atoms with Crippen LogP contribution in [0.15, 0.2) is 35.2 Å². The van der Waals surface area contributed by atoms with Gasteiger partial charge in [-0.15, -0.1) is 0 Å². The Hall–Kier alpha value is -2.25. The number of amides is 1. The van der Waals surface area contributed by atoms with Gasteiger partial charge >= 0.3 is 0 Å². The number of benzene rings is 2. The third-order valence-corrected chi connectivity index (χ3v) is 7.31. The van der Waals surface area contributed by atoms with Gasteiger partial charge in [0.05, 0.1) is 10.5 Å². The summed E-state index contributed by atoms with van der Waals surface area (Å²) in [5.74, 6) is -1.20. The average Bonchev–Trinajstić information content (AvgIpc) is 2.66. The normalized spacial score (nSPS) is 19.5. The van der Waals surface area contributed by atoms with Gasteiger partial charge in [0.25, 0.3) is 5.91 Å². The molecule has 0 aliphatic heterocycles. The minimum Gasteiger partial charge on any atom is -0.321 e. The lowest BCUT2D eigenvalue weighted by atomic mass is 9.87. The topological polar surface area (TPSA) is 75.3 Å². The van der Waals surface area contributed by atoms with E-state index in [1.54, 1.807) is 0 Å². The van der Waals surface area contributed by atoms with Gasteiger partial charge in [0.15, 0.2) is 0 Å². The van der Waals surface area contributed by atoms with E-state index in [1.165, 1.54) is 6.07 Å². The third kappa shape index (κ3) is 4.90. The highest BCUT2D eigenvalue weighted by Gasteiger charge is 2.28. The number of rotatable bonds is 5. The number of hydrogen-bond donors (Lipinski definition) is 2. The molecule has 0 bridgehead atoms. The summed E-state index contributed by atoms with van der Waals surface area (Å²) in [5, 5.41) is 2.74. The summed E-state index contributed by atoms with van der Waals surface area (Å²) in [6.07, 6.45) is 3.82. The molecule has 2 atom stereocenters. The van der Waals surface area contributed by atoms with E-state index in [0.29, 0.717) is 5.69 Å². The van der Waals surface area contributed by atoms with E-state index in [1.807, 2.05) is 39.8 Å². The maximum Gasteiger partial charge on any atom is 0.258 e. The van der Waals surface area contributed by atoms with Crippen molar-refractivity contribution >= 4 is 21.6 Å². The molecule has 1 amide bonds. The fourth-order valence-electron chi connectivity index (χ4n) is 4.16. The van der Waals surface area contributed by atoms with E-state index in [2.05, 4.69) is 10.0 Å². The minimum atomic E-state index is -3.86. The Morgan fingerprint density at radius 1 is 1.03 bits per heavy atom. The van der Waals surface area contributed by atoms with Crippen molar-refractivity contribution in [2.75, 3.05) is 5.32 Å². The first-order chi connectivity index (χ1) is 14.1. The summed E-state index contributed by atoms with van der Waals surface area (Å²) in [6, 6.07) is 7.04. The van der Waals surface area contributed by atoms with Crippen molar-refractivity contribution in [3.05, 3.63) is 58.4 Å². The number of anilines is 1. The van der Waals surface area contributed by atoms with Crippen molar-refractivity contribution in [3.63, 3.8) is 0 Å². The monoisotopic (exact) mass is 432 g/mol. The number of carbonyl (C=O) groups is 1. The summed E-state index contributed by atoms with van der Waals surface area (Å²) in [7, 11) is -3.86. The van der Waals surface area contributed by atoms with Crippen molar-refractivity contribution in [1.29, 1.82) is 0 Å². The fraction of sp³-hybridized carbons (Fsp3) is 0.435. The second-order valence-corrected chi connectivity index (χ2v) is 10.1. The molecule has 2 aromatic rings. The number of nitrogens with one attached hydrogen (secondary N) is 2. The Balaban J connectivity index is 1.87. The molecule has 1 fully saturated rings. The lowest BCUT2D eigenvalue weighted by Crippen LogP contribution is -2.41. The molecule has 7 heteroatoms. The molecule has 1 aliphatic carbocycles. The van der Waals surface area contributed by atoms with Crippen LogP contribution in [-0.2, 0) is 10.0 Å². The van der Waals surface area contributed by atoms with Crippen LogP contribution in [-0.4, -0.2) is 20.4 Å². The van der Waals surface area contributed by atoms with Crippen LogP contribution in [0.5, 0.6) is 0 Å². The molecule has 1 aliphatic rings. The Morgan fingerprint density at radius 3 is 2.30 bits per heavy atom. The predicted octanol–water partition coefficient (Wildman–Crippen LogP) is 4.86. The molecule has 2 N–H and O–H groups in total. The van der Waals surface area contributed by atoms with Crippen LogP contribution in [0.4, 0.5) is 10.1 Å². The molecule has 162 valence electrons. The molecule has 3 rings (SSSR count). The third-order valence-electron chi connectivity index (χ3n) is 5.83. The van der Waals surface area contributed by atoms with Crippen molar-refractivity contribution in [3.8, 4) is 0 Å². The second-order valence-electron chi connectivity index (χ2n) is 8.36. The zero-order valence-electron chi connectivity index (χ0n) is 17.9. The molecule has 30 heavy (non-hydrogen) atoms. The molecular weight excluding hydrogens is 403 g/mol. The van der Waals surface area contributed by atoms with E-state index in [-0.39, 0.29) is 22.4 Å². The van der Waals surface area contributed by atoms with Gasteiger partial charge in [-0.25, -0.2) is 17.5 Å². The van der Waals surface area contributed by atoms with Gasteiger partial charge in [-0.1, -0.05) is 37.5 Å². The number of aryl methyl sites for hydroxylation is 3. The van der Waals surface area contributed by atoms with Crippen molar-refractivity contribution in [2.45, 2.75) is 64.3 Å². The first-order valence-electron chi connectivity index (χ1n) is 10.3. The Kier molecular flexibility index (Phi) is 6.62. The van der Waals surface area contributed by atoms with E-state index < -0.39 is 21.7 Å². The lowest BCUT2D eigenvalue weighted by Gasteiger charge is -2.29. The highest BCUT2D eigenvalue weighted by Crippen LogP contribution is 2.27. The van der Waals surface area contributed by atoms with Crippen LogP contribution >= 0.6 is 0 Å². The molecule has 0 spiro atoms. The van der Waals surface area contributed by atoms with Gasteiger partial charge in [0.2, 0.25) is 10.0 Å². The smallest absolute Gasteiger partial charge is 0.258 e. The molecule has 1 saturated carbocycles. The molecule has 5 nitrogen and oxygen atoms in total. The summed E-state index contributed by atoms with van der Waals surface area (Å²) >= 11 is 0. The largest absolute Gasteiger partial charge is 0.321 e. The summed E-state index contributed by atoms with van der Waals surface area (Å²) in [6.45, 7) is 7.71. The van der Waals surface area contributed by atoms with Gasteiger partial charge in [-0.05, 0) is 68.9 Å². The SMILES string of the molecule is Cc1cc(C)c(NC(=O)c2cc(S(=O)(=O)N[C@H]3CCCC[C@@H]3C)ccc2F)c(C)c1. The summed E-state index contributed by atoms with van der Waals surface area (Å²) in [5.41, 5.74) is 3.09. The van der Waals surface area contributed by atoms with Crippen molar-refractivity contribution < 1.29 is 17.6 Å². The average molecular weight is 433 g/mol. The van der Waals surface area contributed by atoms with Crippen LogP contribution in [0.1, 0.15) is 59.7 Å². The predicted molar refractivity (Wildman–Crippen MR) is 117 cm³/mol. The molecule has 0 saturated heterocycles. The maximum atomic E-state index is 14.4. The van der Waals surface area contributed by atoms with Gasteiger partial charge in [0.1, 0.15) is 5.82 Å². The lowest BCUT2D eigenvalue weighted by molar-refractivity contribution is 0.102. The quantitative estimate of drug-likeness (QED) is 0.708. The van der Waals surface area contributed by atoms with E-state index in [4.69, 9.17) is 0 Å². The highest BCUT2D eigenvalue weighted by atomic mass is 32.2. The minimum absolute atomic E-state index is 0.107. The molecule has 0 unspecified atom stereocenters. The van der Waals surface area contributed by atoms with E-state index >= 15 is 0 Å². The van der Waals surface area contributed by atoms with Crippen LogP contribution in [0.25, 0.3) is 0 Å². The second kappa shape index (κ2) is 8.86. The number of sulfonamides is 1. The van der Waals surface area contributed by atoms with Gasteiger partial charge in [0, 0.05) is 11.7 Å². The van der Waals surface area contributed by atoms with Crippen LogP contribution in [0.3, 0.4) is 0 Å². The Bertz CT molecular complexity index is 1040. The molecule has 0 radical (unpaired) electrons. The molecule has 0 heterocycles. The molecule has 2 aromatic carbocycles. The highest BCUT2D eigenvalue weighted by molar-refractivity contribution is 7.89. The maximum absolute atomic E-state index is 14.4. The van der Waals surface area contributed by atoms with Crippen molar-refractivity contribution in [2.24, 2.45) is 5.92 Å². The molecular formula is C23H29FN2O3S. The van der Waals surface area contributed by atoms with E-state index in [0.717, 1.165) is 54.5 Å². The summed E-state index contributed by atoms with van der Waals surface area (Å²) in [4.78, 5) is 12.7. The number of halogens is 1. The van der Waals surface area contributed by atoms with E-state index in [9.17, 15) is 17.6 Å². The first-order valence-corrected chi connectivity index (χ1v) is 11.8. The van der Waals surface area contributed by atoms with Gasteiger partial charge in [-0.2, -0.15) is 0 Å². The first kappa shape index (κ1) is 22.4. The zero-order chi connectivity index (χ0) is 22.1. The zero-order valence-corrected chi connectivity index (χ0v) is 18.7.